The fourth-order valence-corrected chi connectivity index (χ4v) is 5.44. The number of nitrogen functional groups attached to an aromatic ring is 1. The van der Waals surface area contributed by atoms with E-state index in [0.29, 0.717) is 21.1 Å². The molecular weight excluding hydrogens is 412 g/mol. The van der Waals surface area contributed by atoms with Crippen LogP contribution in [0.2, 0.25) is 0 Å². The van der Waals surface area contributed by atoms with Gasteiger partial charge in [-0.3, -0.25) is 10.1 Å². The van der Waals surface area contributed by atoms with E-state index >= 15 is 0 Å². The normalized spacial score (nSPS) is 13.8. The summed E-state index contributed by atoms with van der Waals surface area (Å²) in [5.41, 5.74) is 6.93. The van der Waals surface area contributed by atoms with E-state index < -0.39 is 20.9 Å². The lowest BCUT2D eigenvalue weighted by atomic mass is 10.1. The van der Waals surface area contributed by atoms with Crippen LogP contribution in [-0.2, 0) is 14.6 Å². The number of thiazole rings is 1. The Kier molecular flexibility index (Phi) is 5.54. The number of non-ortho nitro benzene ring substituents is 1. The second kappa shape index (κ2) is 7.64. The smallest absolute Gasteiger partial charge is 0.324 e. The second-order valence-corrected chi connectivity index (χ2v) is 10.2. The van der Waals surface area contributed by atoms with Crippen molar-refractivity contribution in [2.45, 2.75) is 31.2 Å². The zero-order valence-electron chi connectivity index (χ0n) is 16.1. The molecule has 0 aliphatic heterocycles. The average molecular weight is 434 g/mol. The summed E-state index contributed by atoms with van der Waals surface area (Å²) >= 11 is 1.32. The molecule has 1 unspecified atom stereocenters. The molecule has 3 aromatic rings. The summed E-state index contributed by atoms with van der Waals surface area (Å²) in [5.74, 6) is 0. The molecule has 0 radical (unpaired) electrons. The van der Waals surface area contributed by atoms with Crippen molar-refractivity contribution in [3.63, 3.8) is 0 Å². The number of aromatic nitrogens is 1. The van der Waals surface area contributed by atoms with Gasteiger partial charge in [0.05, 0.1) is 20.9 Å². The minimum absolute atomic E-state index is 0.000348. The molecule has 2 aromatic carbocycles. The topological polar surface area (TPSA) is 131 Å². The molecule has 0 spiro atoms. The summed E-state index contributed by atoms with van der Waals surface area (Å²) in [5, 5.41) is 11.5. The third kappa shape index (κ3) is 4.85. The van der Waals surface area contributed by atoms with Gasteiger partial charge >= 0.3 is 10.4 Å². The first-order valence-corrected chi connectivity index (χ1v) is 11.0. The van der Waals surface area contributed by atoms with E-state index in [1.54, 1.807) is 51.2 Å². The van der Waals surface area contributed by atoms with Gasteiger partial charge in [0.15, 0.2) is 0 Å². The molecule has 0 saturated heterocycles. The minimum atomic E-state index is -3.57. The van der Waals surface area contributed by atoms with Gasteiger partial charge in [0.2, 0.25) is 4.90 Å². The van der Waals surface area contributed by atoms with Crippen molar-refractivity contribution < 1.29 is 13.7 Å². The molecule has 3 rings (SSSR count). The van der Waals surface area contributed by atoms with E-state index in [1.165, 1.54) is 29.5 Å². The Labute approximate surface area is 173 Å². The maximum absolute atomic E-state index is 13.0. The van der Waals surface area contributed by atoms with Crippen molar-refractivity contribution >= 4 is 33.1 Å². The number of rotatable bonds is 5. The predicted molar refractivity (Wildman–Crippen MR) is 116 cm³/mol. The van der Waals surface area contributed by atoms with Crippen molar-refractivity contribution in [1.82, 2.24) is 9.71 Å². The number of hydrogen-bond acceptors (Lipinski definition) is 6. The number of nitro groups is 1. The third-order valence-corrected chi connectivity index (χ3v) is 6.75. The Bertz CT molecular complexity index is 1100. The van der Waals surface area contributed by atoms with Crippen LogP contribution in [0, 0.1) is 10.1 Å². The van der Waals surface area contributed by atoms with Crippen LogP contribution in [0.15, 0.2) is 53.6 Å². The van der Waals surface area contributed by atoms with E-state index in [9.17, 15) is 18.9 Å². The van der Waals surface area contributed by atoms with Crippen LogP contribution >= 0.6 is 11.3 Å². The maximum Gasteiger partial charge on any atom is 0.324 e. The number of anilines is 1. The van der Waals surface area contributed by atoms with Gasteiger partial charge in [-0.1, -0.05) is 4.72 Å². The SMILES string of the molecule is CC(C)(C)N[S+](=O)(O)c1cc(N)ccc1-c1cnc(-c2ccc([N+](=O)[O-])cc2)s1. The molecular formula is C19H21N4O4S2+. The molecule has 0 aliphatic carbocycles. The van der Waals surface area contributed by atoms with E-state index in [4.69, 9.17) is 5.73 Å². The highest BCUT2D eigenvalue weighted by atomic mass is 32.3. The number of nitro benzene ring substituents is 1. The third-order valence-electron chi connectivity index (χ3n) is 3.84. The number of benzene rings is 2. The van der Waals surface area contributed by atoms with Gasteiger partial charge in [-0.15, -0.1) is 11.3 Å². The van der Waals surface area contributed by atoms with Gasteiger partial charge in [-0.25, -0.2) is 4.98 Å². The first kappa shape index (κ1) is 21.1. The minimum Gasteiger partial charge on any atom is -0.399 e. The largest absolute Gasteiger partial charge is 0.399 e. The van der Waals surface area contributed by atoms with Crippen LogP contribution in [0.4, 0.5) is 11.4 Å². The highest BCUT2D eigenvalue weighted by molar-refractivity contribution is 7.96. The predicted octanol–water partition coefficient (Wildman–Crippen LogP) is 4.60. The fourth-order valence-electron chi connectivity index (χ4n) is 2.70. The molecule has 4 N–H and O–H groups in total. The van der Waals surface area contributed by atoms with E-state index in [-0.39, 0.29) is 10.6 Å². The van der Waals surface area contributed by atoms with Crippen LogP contribution < -0.4 is 10.5 Å². The Morgan fingerprint density at radius 2 is 1.86 bits per heavy atom. The van der Waals surface area contributed by atoms with Crippen molar-refractivity contribution in [1.29, 1.82) is 0 Å². The summed E-state index contributed by atoms with van der Waals surface area (Å²) in [4.78, 5) is 15.6. The van der Waals surface area contributed by atoms with Crippen molar-refractivity contribution in [2.24, 2.45) is 0 Å². The summed E-state index contributed by atoms with van der Waals surface area (Å²) < 4.78 is 26.5. The molecule has 1 aromatic heterocycles. The first-order chi connectivity index (χ1) is 13.5. The van der Waals surface area contributed by atoms with Gasteiger partial charge in [-0.05, 0) is 49.2 Å². The second-order valence-electron chi connectivity index (χ2n) is 7.47. The monoisotopic (exact) mass is 433 g/mol. The lowest BCUT2D eigenvalue weighted by Gasteiger charge is -2.19. The molecule has 152 valence electrons. The summed E-state index contributed by atoms with van der Waals surface area (Å²) in [6.45, 7) is 5.40. The van der Waals surface area contributed by atoms with Gasteiger partial charge in [0.25, 0.3) is 5.69 Å². The lowest BCUT2D eigenvalue weighted by Crippen LogP contribution is -2.44. The zero-order chi connectivity index (χ0) is 21.4. The average Bonchev–Trinajstić information content (AvgIpc) is 3.09. The molecule has 0 bridgehead atoms. The first-order valence-electron chi connectivity index (χ1n) is 8.62. The summed E-state index contributed by atoms with van der Waals surface area (Å²) in [7, 11) is -3.57. The van der Waals surface area contributed by atoms with Gasteiger partial charge < -0.3 is 5.73 Å². The molecule has 0 aliphatic rings. The van der Waals surface area contributed by atoms with Crippen molar-refractivity contribution in [3.8, 4) is 21.0 Å². The number of hydrogen-bond donors (Lipinski definition) is 3. The van der Waals surface area contributed by atoms with E-state index in [0.717, 1.165) is 5.56 Å². The van der Waals surface area contributed by atoms with Crippen LogP contribution in [0.25, 0.3) is 21.0 Å². The molecule has 0 saturated carbocycles. The number of nitrogens with one attached hydrogen (secondary N) is 1. The molecule has 0 amide bonds. The molecule has 8 nitrogen and oxygen atoms in total. The van der Waals surface area contributed by atoms with E-state index in [1.807, 2.05) is 0 Å². The van der Waals surface area contributed by atoms with Gasteiger partial charge in [0.1, 0.15) is 5.01 Å². The Morgan fingerprint density at radius 3 is 2.45 bits per heavy atom. The fraction of sp³-hybridized carbons (Fsp3) is 0.211. The van der Waals surface area contributed by atoms with Gasteiger partial charge in [0, 0.05) is 35.6 Å². The van der Waals surface area contributed by atoms with E-state index in [2.05, 4.69) is 9.71 Å². The van der Waals surface area contributed by atoms with Gasteiger partial charge in [-0.2, -0.15) is 4.55 Å². The maximum atomic E-state index is 13.0. The highest BCUT2D eigenvalue weighted by Gasteiger charge is 2.38. The Morgan fingerprint density at radius 1 is 1.21 bits per heavy atom. The van der Waals surface area contributed by atoms with Crippen molar-refractivity contribution in [3.05, 3.63) is 58.8 Å². The molecule has 29 heavy (non-hydrogen) atoms. The molecule has 1 heterocycles. The molecule has 0 fully saturated rings. The highest BCUT2D eigenvalue weighted by Crippen LogP contribution is 2.38. The quantitative estimate of drug-likeness (QED) is 0.233. The Hall–Kier alpha value is -2.66. The van der Waals surface area contributed by atoms with Crippen LogP contribution in [-0.4, -0.2) is 20.0 Å². The molecule has 1 atom stereocenters. The van der Waals surface area contributed by atoms with Crippen LogP contribution in [0.1, 0.15) is 20.8 Å². The lowest BCUT2D eigenvalue weighted by molar-refractivity contribution is -0.384. The zero-order valence-corrected chi connectivity index (χ0v) is 17.7. The van der Waals surface area contributed by atoms with Crippen LogP contribution in [0.3, 0.4) is 0 Å². The summed E-state index contributed by atoms with van der Waals surface area (Å²) in [6.07, 6.45) is 1.61. The number of nitrogens with zero attached hydrogens (tertiary/aromatic N) is 2. The van der Waals surface area contributed by atoms with Crippen molar-refractivity contribution in [2.75, 3.05) is 5.73 Å². The molecule has 10 heteroatoms. The van der Waals surface area contributed by atoms with Crippen LogP contribution in [0.5, 0.6) is 0 Å². The Balaban J connectivity index is 2.02. The summed E-state index contributed by atoms with van der Waals surface area (Å²) in [6, 6.07) is 10.9. The number of nitrogens with two attached hydrogens (primary N) is 1. The standard InChI is InChI=1S/C19H20N4O4S2/c1-19(2,3)22-29(26,27)17-10-13(20)6-9-15(17)16-11-21-18(28-16)12-4-7-14(8-5-12)23(24)25/h4-11H,20H2,1-3H3,(H-,22,26,27)/p+1.